The summed E-state index contributed by atoms with van der Waals surface area (Å²) in [5.74, 6) is 0.398. The fourth-order valence-electron chi connectivity index (χ4n) is 1.27. The van der Waals surface area contributed by atoms with Crippen LogP contribution in [0.5, 0.6) is 5.75 Å². The van der Waals surface area contributed by atoms with Crippen LogP contribution in [-0.4, -0.2) is 18.6 Å². The summed E-state index contributed by atoms with van der Waals surface area (Å²) in [6.45, 7) is 5.85. The Kier molecular flexibility index (Phi) is 6.24. The van der Waals surface area contributed by atoms with E-state index in [0.717, 1.165) is 0 Å². The summed E-state index contributed by atoms with van der Waals surface area (Å²) >= 11 is 17.7. The van der Waals surface area contributed by atoms with Gasteiger partial charge in [-0.05, 0) is 25.0 Å². The van der Waals surface area contributed by atoms with Crippen LogP contribution in [0.15, 0.2) is 12.1 Å². The van der Waals surface area contributed by atoms with Crippen molar-refractivity contribution in [2.75, 3.05) is 6.61 Å². The number of carbonyl (C=O) groups is 1. The fourth-order valence-corrected chi connectivity index (χ4v) is 2.19. The predicted octanol–water partition coefficient (Wildman–Crippen LogP) is 4.19. The zero-order valence-electron chi connectivity index (χ0n) is 11.0. The first-order valence-electron chi connectivity index (χ1n) is 5.88. The van der Waals surface area contributed by atoms with Gasteiger partial charge in [-0.1, -0.05) is 48.7 Å². The molecule has 1 aromatic carbocycles. The van der Waals surface area contributed by atoms with Crippen molar-refractivity contribution in [1.82, 2.24) is 5.32 Å². The second-order valence-electron chi connectivity index (χ2n) is 4.59. The molecule has 19 heavy (non-hydrogen) atoms. The number of nitrogens with one attached hydrogen (secondary N) is 1. The van der Waals surface area contributed by atoms with Crippen LogP contribution in [0.3, 0.4) is 0 Å². The number of rotatable bonds is 5. The SMILES string of the molecule is CC(C)[C@H](C)NC(=O)COc1c(Cl)cc(Cl)cc1Cl. The van der Waals surface area contributed by atoms with Crippen molar-refractivity contribution in [3.63, 3.8) is 0 Å². The Morgan fingerprint density at radius 3 is 2.21 bits per heavy atom. The molecular formula is C13H16Cl3NO2. The third-order valence-corrected chi connectivity index (χ3v) is 3.48. The molecule has 106 valence electrons. The van der Waals surface area contributed by atoms with Crippen LogP contribution in [0.4, 0.5) is 0 Å². The van der Waals surface area contributed by atoms with E-state index in [1.807, 2.05) is 20.8 Å². The van der Waals surface area contributed by atoms with Gasteiger partial charge in [0, 0.05) is 11.1 Å². The van der Waals surface area contributed by atoms with E-state index in [-0.39, 0.29) is 34.4 Å². The molecule has 1 aromatic rings. The lowest BCUT2D eigenvalue weighted by Crippen LogP contribution is -2.39. The maximum absolute atomic E-state index is 11.7. The van der Waals surface area contributed by atoms with Gasteiger partial charge in [-0.25, -0.2) is 0 Å². The van der Waals surface area contributed by atoms with Crippen LogP contribution < -0.4 is 10.1 Å². The average Bonchev–Trinajstić information content (AvgIpc) is 2.27. The Labute approximate surface area is 128 Å². The van der Waals surface area contributed by atoms with Crippen molar-refractivity contribution < 1.29 is 9.53 Å². The molecule has 0 aliphatic heterocycles. The van der Waals surface area contributed by atoms with Crippen molar-refractivity contribution in [2.24, 2.45) is 5.92 Å². The highest BCUT2D eigenvalue weighted by Crippen LogP contribution is 2.35. The Morgan fingerprint density at radius 1 is 1.21 bits per heavy atom. The molecule has 6 heteroatoms. The second-order valence-corrected chi connectivity index (χ2v) is 5.84. The lowest BCUT2D eigenvalue weighted by molar-refractivity contribution is -0.123. The molecule has 0 unspecified atom stereocenters. The van der Waals surface area contributed by atoms with Crippen molar-refractivity contribution in [3.05, 3.63) is 27.2 Å². The number of benzene rings is 1. The van der Waals surface area contributed by atoms with Gasteiger partial charge >= 0.3 is 0 Å². The quantitative estimate of drug-likeness (QED) is 0.882. The van der Waals surface area contributed by atoms with E-state index < -0.39 is 0 Å². The van der Waals surface area contributed by atoms with Crippen molar-refractivity contribution in [2.45, 2.75) is 26.8 Å². The maximum Gasteiger partial charge on any atom is 0.258 e. The van der Waals surface area contributed by atoms with Crippen molar-refractivity contribution in [1.29, 1.82) is 0 Å². The summed E-state index contributed by atoms with van der Waals surface area (Å²) in [6, 6.07) is 3.10. The van der Waals surface area contributed by atoms with E-state index in [1.54, 1.807) is 0 Å². The maximum atomic E-state index is 11.7. The first-order valence-corrected chi connectivity index (χ1v) is 7.01. The molecule has 3 nitrogen and oxygen atoms in total. The topological polar surface area (TPSA) is 38.3 Å². The van der Waals surface area contributed by atoms with Gasteiger partial charge < -0.3 is 10.1 Å². The van der Waals surface area contributed by atoms with Gasteiger partial charge in [0.2, 0.25) is 0 Å². The van der Waals surface area contributed by atoms with Gasteiger partial charge in [-0.2, -0.15) is 0 Å². The summed E-state index contributed by atoms with van der Waals surface area (Å²) < 4.78 is 5.33. The van der Waals surface area contributed by atoms with Crippen LogP contribution in [0.25, 0.3) is 0 Å². The van der Waals surface area contributed by atoms with Crippen LogP contribution >= 0.6 is 34.8 Å². The number of halogens is 3. The van der Waals surface area contributed by atoms with Gasteiger partial charge in [0.15, 0.2) is 12.4 Å². The third kappa shape index (κ3) is 5.09. The number of carbonyl (C=O) groups excluding carboxylic acids is 1. The molecule has 1 atom stereocenters. The minimum Gasteiger partial charge on any atom is -0.481 e. The third-order valence-electron chi connectivity index (χ3n) is 2.70. The highest BCUT2D eigenvalue weighted by Gasteiger charge is 2.14. The lowest BCUT2D eigenvalue weighted by Gasteiger charge is -2.18. The minimum absolute atomic E-state index is 0.0762. The summed E-state index contributed by atoms with van der Waals surface area (Å²) in [5.41, 5.74) is 0. The molecule has 0 aromatic heterocycles. The number of amides is 1. The van der Waals surface area contributed by atoms with Crippen LogP contribution in [0.2, 0.25) is 15.1 Å². The Morgan fingerprint density at radius 2 is 1.74 bits per heavy atom. The smallest absolute Gasteiger partial charge is 0.258 e. The Bertz CT molecular complexity index is 440. The fraction of sp³-hybridized carbons (Fsp3) is 0.462. The Hall–Kier alpha value is -0.640. The summed E-state index contributed by atoms with van der Waals surface area (Å²) in [5, 5.41) is 3.80. The van der Waals surface area contributed by atoms with Crippen LogP contribution in [0, 0.1) is 5.92 Å². The standard InChI is InChI=1S/C13H16Cl3NO2/c1-7(2)8(3)17-12(18)6-19-13-10(15)4-9(14)5-11(13)16/h4-5,7-8H,6H2,1-3H3,(H,17,18)/t8-/m0/s1. The van der Waals surface area contributed by atoms with E-state index >= 15 is 0 Å². The van der Waals surface area contributed by atoms with Crippen LogP contribution in [0.1, 0.15) is 20.8 Å². The summed E-state index contributed by atoms with van der Waals surface area (Å²) in [4.78, 5) is 11.7. The largest absolute Gasteiger partial charge is 0.481 e. The molecule has 0 saturated heterocycles. The summed E-state index contributed by atoms with van der Waals surface area (Å²) in [6.07, 6.45) is 0. The predicted molar refractivity (Wildman–Crippen MR) is 79.4 cm³/mol. The first kappa shape index (κ1) is 16.4. The molecule has 0 fully saturated rings. The molecule has 0 aliphatic rings. The van der Waals surface area contributed by atoms with E-state index in [9.17, 15) is 4.79 Å². The molecular weight excluding hydrogens is 309 g/mol. The van der Waals surface area contributed by atoms with E-state index in [0.29, 0.717) is 10.9 Å². The molecule has 0 bridgehead atoms. The lowest BCUT2D eigenvalue weighted by atomic mass is 10.1. The van der Waals surface area contributed by atoms with Gasteiger partial charge in [0.1, 0.15) is 0 Å². The van der Waals surface area contributed by atoms with Gasteiger partial charge in [-0.15, -0.1) is 0 Å². The molecule has 1 N–H and O–H groups in total. The number of hydrogen-bond donors (Lipinski definition) is 1. The first-order chi connectivity index (χ1) is 8.81. The average molecular weight is 325 g/mol. The van der Waals surface area contributed by atoms with E-state index in [4.69, 9.17) is 39.5 Å². The second kappa shape index (κ2) is 7.22. The number of ether oxygens (including phenoxy) is 1. The summed E-state index contributed by atoms with van der Waals surface area (Å²) in [7, 11) is 0. The Balaban J connectivity index is 2.60. The molecule has 0 radical (unpaired) electrons. The van der Waals surface area contributed by atoms with Crippen molar-refractivity contribution >= 4 is 40.7 Å². The molecule has 0 heterocycles. The minimum atomic E-state index is -0.219. The zero-order chi connectivity index (χ0) is 14.6. The van der Waals surface area contributed by atoms with E-state index in [2.05, 4.69) is 5.32 Å². The zero-order valence-corrected chi connectivity index (χ0v) is 13.2. The van der Waals surface area contributed by atoms with E-state index in [1.165, 1.54) is 12.1 Å². The monoisotopic (exact) mass is 323 g/mol. The normalized spacial score (nSPS) is 12.4. The molecule has 0 aliphatic carbocycles. The van der Waals surface area contributed by atoms with Gasteiger partial charge in [-0.3, -0.25) is 4.79 Å². The van der Waals surface area contributed by atoms with Gasteiger partial charge in [0.25, 0.3) is 5.91 Å². The van der Waals surface area contributed by atoms with Crippen molar-refractivity contribution in [3.8, 4) is 5.75 Å². The highest BCUT2D eigenvalue weighted by atomic mass is 35.5. The molecule has 0 saturated carbocycles. The molecule has 1 rings (SSSR count). The highest BCUT2D eigenvalue weighted by molar-refractivity contribution is 6.40. The van der Waals surface area contributed by atoms with Crippen LogP contribution in [-0.2, 0) is 4.79 Å². The molecule has 1 amide bonds. The van der Waals surface area contributed by atoms with Gasteiger partial charge in [0.05, 0.1) is 10.0 Å². The number of hydrogen-bond acceptors (Lipinski definition) is 2. The molecule has 0 spiro atoms.